The van der Waals surface area contributed by atoms with Gasteiger partial charge in [0.15, 0.2) is 0 Å². The molecule has 1 fully saturated rings. The van der Waals surface area contributed by atoms with Crippen molar-refractivity contribution in [3.8, 4) is 5.75 Å². The highest BCUT2D eigenvalue weighted by Gasteiger charge is 2.21. The minimum atomic E-state index is -0.364. The average molecular weight is 296 g/mol. The molecule has 1 aliphatic rings. The molecule has 20 heavy (non-hydrogen) atoms. The van der Waals surface area contributed by atoms with E-state index in [1.807, 2.05) is 11.8 Å². The number of thioether (sulfide) groups is 1. The fourth-order valence-electron chi connectivity index (χ4n) is 1.86. The van der Waals surface area contributed by atoms with Crippen LogP contribution in [0.5, 0.6) is 5.75 Å². The Morgan fingerprint density at radius 1 is 1.50 bits per heavy atom. The Labute approximate surface area is 123 Å². The molecule has 1 saturated carbocycles. The summed E-state index contributed by atoms with van der Waals surface area (Å²) in [5, 5.41) is 14.2. The zero-order chi connectivity index (χ0) is 14.4. The second-order valence-corrected chi connectivity index (χ2v) is 6.14. The van der Waals surface area contributed by atoms with E-state index in [0.717, 1.165) is 22.8 Å². The number of nitrogens with zero attached hydrogens (tertiary/aromatic N) is 1. The number of nitro benzene ring substituents is 1. The van der Waals surface area contributed by atoms with Gasteiger partial charge in [0.25, 0.3) is 5.69 Å². The maximum absolute atomic E-state index is 10.9. The van der Waals surface area contributed by atoms with Crippen molar-refractivity contribution in [1.29, 1.82) is 0 Å². The van der Waals surface area contributed by atoms with Crippen molar-refractivity contribution >= 4 is 17.4 Å². The Kier molecular flexibility index (Phi) is 5.67. The molecule has 0 amide bonds. The summed E-state index contributed by atoms with van der Waals surface area (Å²) in [6, 6.07) is 5.39. The average Bonchev–Trinajstić information content (AvgIpc) is 3.26. The van der Waals surface area contributed by atoms with E-state index in [1.165, 1.54) is 18.9 Å². The fourth-order valence-corrected chi connectivity index (χ4v) is 2.34. The van der Waals surface area contributed by atoms with Crippen molar-refractivity contribution in [2.75, 3.05) is 18.1 Å². The van der Waals surface area contributed by atoms with Gasteiger partial charge in [0.1, 0.15) is 5.75 Å². The van der Waals surface area contributed by atoms with Crippen molar-refractivity contribution in [3.63, 3.8) is 0 Å². The van der Waals surface area contributed by atoms with E-state index in [0.29, 0.717) is 19.2 Å². The van der Waals surface area contributed by atoms with Gasteiger partial charge in [0, 0.05) is 36.0 Å². The molecule has 1 N–H and O–H groups in total. The van der Waals surface area contributed by atoms with Crippen LogP contribution in [-0.4, -0.2) is 29.1 Å². The molecule has 5 nitrogen and oxygen atoms in total. The van der Waals surface area contributed by atoms with Gasteiger partial charge >= 0.3 is 0 Å². The van der Waals surface area contributed by atoms with Gasteiger partial charge in [-0.3, -0.25) is 10.1 Å². The lowest BCUT2D eigenvalue weighted by atomic mass is 10.1. The molecule has 1 aromatic carbocycles. The molecule has 0 spiro atoms. The van der Waals surface area contributed by atoms with Crippen LogP contribution < -0.4 is 10.1 Å². The molecule has 0 atom stereocenters. The SMILES string of the molecule is CCSCCOc1ccc([N+](=O)[O-])cc1CNC1CC1. The van der Waals surface area contributed by atoms with E-state index in [-0.39, 0.29) is 10.6 Å². The van der Waals surface area contributed by atoms with Crippen molar-refractivity contribution < 1.29 is 9.66 Å². The summed E-state index contributed by atoms with van der Waals surface area (Å²) < 4.78 is 5.74. The van der Waals surface area contributed by atoms with Crippen LogP contribution in [0.3, 0.4) is 0 Å². The Hall–Kier alpha value is -1.27. The second kappa shape index (κ2) is 7.50. The van der Waals surface area contributed by atoms with Gasteiger partial charge in [-0.25, -0.2) is 0 Å². The highest BCUT2D eigenvalue weighted by atomic mass is 32.2. The van der Waals surface area contributed by atoms with Crippen LogP contribution >= 0.6 is 11.8 Å². The summed E-state index contributed by atoms with van der Waals surface area (Å²) in [5.41, 5.74) is 0.987. The van der Waals surface area contributed by atoms with Gasteiger partial charge in [-0.15, -0.1) is 0 Å². The van der Waals surface area contributed by atoms with Crippen molar-refractivity contribution in [2.45, 2.75) is 32.4 Å². The quantitative estimate of drug-likeness (QED) is 0.431. The molecule has 0 saturated heterocycles. The maximum atomic E-state index is 10.9. The van der Waals surface area contributed by atoms with Crippen molar-refractivity contribution in [2.24, 2.45) is 0 Å². The molecule has 0 unspecified atom stereocenters. The number of hydrogen-bond acceptors (Lipinski definition) is 5. The van der Waals surface area contributed by atoms with Crippen LogP contribution in [0.25, 0.3) is 0 Å². The third kappa shape index (κ3) is 4.68. The molecule has 1 aromatic rings. The van der Waals surface area contributed by atoms with E-state index in [4.69, 9.17) is 4.74 Å². The Morgan fingerprint density at radius 3 is 2.95 bits per heavy atom. The first-order valence-corrected chi connectivity index (χ1v) is 8.07. The summed E-state index contributed by atoms with van der Waals surface area (Å²) in [7, 11) is 0. The van der Waals surface area contributed by atoms with E-state index < -0.39 is 0 Å². The van der Waals surface area contributed by atoms with Crippen molar-refractivity contribution in [1.82, 2.24) is 5.32 Å². The minimum Gasteiger partial charge on any atom is -0.492 e. The fraction of sp³-hybridized carbons (Fsp3) is 0.571. The van der Waals surface area contributed by atoms with Crippen molar-refractivity contribution in [3.05, 3.63) is 33.9 Å². The first-order valence-electron chi connectivity index (χ1n) is 6.92. The molecule has 0 bridgehead atoms. The van der Waals surface area contributed by atoms with E-state index >= 15 is 0 Å². The van der Waals surface area contributed by atoms with Crippen LogP contribution in [-0.2, 0) is 6.54 Å². The minimum absolute atomic E-state index is 0.118. The van der Waals surface area contributed by atoms with E-state index in [9.17, 15) is 10.1 Å². The van der Waals surface area contributed by atoms with Crippen LogP contribution in [0, 0.1) is 10.1 Å². The predicted molar refractivity (Wildman–Crippen MR) is 81.5 cm³/mol. The third-order valence-electron chi connectivity index (χ3n) is 3.10. The summed E-state index contributed by atoms with van der Waals surface area (Å²) in [5.74, 6) is 2.75. The van der Waals surface area contributed by atoms with Crippen LogP contribution in [0.15, 0.2) is 18.2 Å². The molecule has 0 heterocycles. The van der Waals surface area contributed by atoms with Gasteiger partial charge in [-0.2, -0.15) is 11.8 Å². The Morgan fingerprint density at radius 2 is 2.30 bits per heavy atom. The monoisotopic (exact) mass is 296 g/mol. The standard InChI is InChI=1S/C14H20N2O3S/c1-2-20-8-7-19-14-6-5-13(16(17)18)9-11(14)10-15-12-3-4-12/h5-6,9,12,15H,2-4,7-8,10H2,1H3. The van der Waals surface area contributed by atoms with Gasteiger partial charge in [-0.1, -0.05) is 6.92 Å². The smallest absolute Gasteiger partial charge is 0.270 e. The number of hydrogen-bond donors (Lipinski definition) is 1. The molecule has 0 aromatic heterocycles. The number of nitrogens with one attached hydrogen (secondary N) is 1. The molecule has 0 aliphatic heterocycles. The topological polar surface area (TPSA) is 64.4 Å². The molecule has 6 heteroatoms. The van der Waals surface area contributed by atoms with Crippen LogP contribution in [0.2, 0.25) is 0 Å². The molecule has 1 aliphatic carbocycles. The van der Waals surface area contributed by atoms with E-state index in [2.05, 4.69) is 12.2 Å². The number of rotatable bonds is 9. The number of nitro groups is 1. The summed E-state index contributed by atoms with van der Waals surface area (Å²) in [6.07, 6.45) is 2.39. The molecule has 2 rings (SSSR count). The molecule has 0 radical (unpaired) electrons. The first kappa shape index (κ1) is 15.1. The normalized spacial score (nSPS) is 14.2. The molecular weight excluding hydrogens is 276 g/mol. The van der Waals surface area contributed by atoms with Crippen LogP contribution in [0.4, 0.5) is 5.69 Å². The molecule has 110 valence electrons. The predicted octanol–water partition coefficient (Wildman–Crippen LogP) is 2.98. The summed E-state index contributed by atoms with van der Waals surface area (Å²) in [4.78, 5) is 10.5. The van der Waals surface area contributed by atoms with Crippen LogP contribution in [0.1, 0.15) is 25.3 Å². The first-order chi connectivity index (χ1) is 9.70. The zero-order valence-electron chi connectivity index (χ0n) is 11.6. The highest BCUT2D eigenvalue weighted by Crippen LogP contribution is 2.26. The van der Waals surface area contributed by atoms with E-state index in [1.54, 1.807) is 12.1 Å². The lowest BCUT2D eigenvalue weighted by Gasteiger charge is -2.12. The Bertz CT molecular complexity index is 464. The zero-order valence-corrected chi connectivity index (χ0v) is 12.4. The molecular formula is C14H20N2O3S. The Balaban J connectivity index is 2.00. The number of ether oxygens (including phenoxy) is 1. The maximum Gasteiger partial charge on any atom is 0.270 e. The van der Waals surface area contributed by atoms with Gasteiger partial charge in [0.2, 0.25) is 0 Å². The lowest BCUT2D eigenvalue weighted by Crippen LogP contribution is -2.16. The highest BCUT2D eigenvalue weighted by molar-refractivity contribution is 7.99. The van der Waals surface area contributed by atoms with Gasteiger partial charge < -0.3 is 10.1 Å². The van der Waals surface area contributed by atoms with Gasteiger partial charge in [-0.05, 0) is 24.7 Å². The number of benzene rings is 1. The number of non-ortho nitro benzene ring substituents is 1. The lowest BCUT2D eigenvalue weighted by molar-refractivity contribution is -0.384. The summed E-state index contributed by atoms with van der Waals surface area (Å²) >= 11 is 1.82. The summed E-state index contributed by atoms with van der Waals surface area (Å²) in [6.45, 7) is 3.37. The second-order valence-electron chi connectivity index (χ2n) is 4.75. The largest absolute Gasteiger partial charge is 0.492 e. The third-order valence-corrected chi connectivity index (χ3v) is 3.97. The van der Waals surface area contributed by atoms with Gasteiger partial charge in [0.05, 0.1) is 11.5 Å².